The second kappa shape index (κ2) is 14.0. The second-order valence-corrected chi connectivity index (χ2v) is 2.39. The van der Waals surface area contributed by atoms with Gasteiger partial charge in [0.15, 0.2) is 0 Å². The van der Waals surface area contributed by atoms with E-state index in [1.807, 2.05) is 0 Å². The fourth-order valence-electron chi connectivity index (χ4n) is 0.547. The van der Waals surface area contributed by atoms with E-state index in [-0.39, 0.29) is 18.6 Å². The first-order chi connectivity index (χ1) is 9.59. The smallest absolute Gasteiger partial charge is 0.299 e. The maximum absolute atomic E-state index is 8.13. The fourth-order valence-corrected chi connectivity index (χ4v) is 0.547. The van der Waals surface area contributed by atoms with Crippen LogP contribution in [0.2, 0.25) is 0 Å². The molecule has 0 aromatic heterocycles. The molecule has 1 radical (unpaired) electrons. The quantitative estimate of drug-likeness (QED) is 0.656. The first kappa shape index (κ1) is 22.2. The summed E-state index contributed by atoms with van der Waals surface area (Å²) in [4.78, 5) is 0. The molecule has 21 heavy (non-hydrogen) atoms. The summed E-state index contributed by atoms with van der Waals surface area (Å²) in [6.45, 7) is 0. The molecule has 0 unspecified atom stereocenters. The van der Waals surface area contributed by atoms with Crippen LogP contribution in [0.25, 0.3) is 0 Å². The van der Waals surface area contributed by atoms with Gasteiger partial charge in [-0.3, -0.25) is 23.7 Å². The molecule has 0 aliphatic rings. The molecular weight excluding hydrogens is 307 g/mol. The van der Waals surface area contributed by atoms with Gasteiger partial charge < -0.3 is 0 Å². The van der Waals surface area contributed by atoms with Gasteiger partial charge in [-0.1, -0.05) is 0 Å². The molecule has 8 nitrogen and oxygen atoms in total. The van der Waals surface area contributed by atoms with Gasteiger partial charge in [0.25, 0.3) is 0 Å². The third kappa shape index (κ3) is 7.83. The van der Waals surface area contributed by atoms with E-state index in [1.54, 1.807) is 0 Å². The van der Waals surface area contributed by atoms with Crippen LogP contribution in [0, 0.1) is 114 Å². The number of hydrogen-bond acceptors (Lipinski definition) is 8. The Bertz CT molecular complexity index is 482. The van der Waals surface area contributed by atoms with Crippen LogP contribution in [-0.2, 0) is 18.6 Å². The SMILES string of the molecule is N#C[C-](C#N)[C-](C#N)C#N.N#C[C-](C#N)[C-](C#N)C#N.[V+4]. The van der Waals surface area contributed by atoms with Crippen LogP contribution in [0.1, 0.15) is 0 Å². The molecule has 0 aliphatic heterocycles. The van der Waals surface area contributed by atoms with Crippen molar-refractivity contribution in [3.05, 3.63) is 23.7 Å². The van der Waals surface area contributed by atoms with Gasteiger partial charge in [0.1, 0.15) is 0 Å². The van der Waals surface area contributed by atoms with Crippen molar-refractivity contribution in [1.82, 2.24) is 0 Å². The number of hydrogen-bond donors (Lipinski definition) is 0. The second-order valence-electron chi connectivity index (χ2n) is 2.39. The molecule has 0 fully saturated rings. The minimum absolute atomic E-state index is 0. The van der Waals surface area contributed by atoms with E-state index in [2.05, 4.69) is 0 Å². The number of nitriles is 8. The molecule has 0 aromatic rings. The van der Waals surface area contributed by atoms with Crippen molar-refractivity contribution in [2.24, 2.45) is 0 Å². The summed E-state index contributed by atoms with van der Waals surface area (Å²) in [5.74, 6) is -1.76. The van der Waals surface area contributed by atoms with Gasteiger partial charge >= 0.3 is 18.6 Å². The molecular formula is C12N8V. The zero-order chi connectivity index (χ0) is 16.0. The van der Waals surface area contributed by atoms with Gasteiger partial charge in [-0.05, 0) is 0 Å². The van der Waals surface area contributed by atoms with Crippen LogP contribution in [0.4, 0.5) is 0 Å². The number of rotatable bonds is 2. The Morgan fingerprint density at radius 2 is 0.429 bits per heavy atom. The van der Waals surface area contributed by atoms with Gasteiger partial charge in [0, 0.05) is 0 Å². The predicted octanol–water partition coefficient (Wildman–Crippen LogP) is 0.457. The van der Waals surface area contributed by atoms with Crippen LogP contribution >= 0.6 is 0 Å². The first-order valence-electron chi connectivity index (χ1n) is 4.29. The average Bonchev–Trinajstić information content (AvgIpc) is 2.50. The maximum atomic E-state index is 8.13. The summed E-state index contributed by atoms with van der Waals surface area (Å²) in [6.07, 6.45) is 0. The number of nitrogens with zero attached hydrogens (tertiary/aromatic N) is 8. The van der Waals surface area contributed by atoms with Gasteiger partial charge in [-0.25, -0.2) is 42.1 Å². The molecule has 0 saturated carbocycles. The van der Waals surface area contributed by atoms with Crippen LogP contribution in [0.15, 0.2) is 0 Å². The predicted molar refractivity (Wildman–Crippen MR) is 57.9 cm³/mol. The summed E-state index contributed by atoms with van der Waals surface area (Å²) >= 11 is 0. The topological polar surface area (TPSA) is 190 Å². The summed E-state index contributed by atoms with van der Waals surface area (Å²) in [6, 6.07) is 11.4. The molecule has 0 saturated heterocycles. The Balaban J connectivity index is -0.000000295. The molecule has 0 rings (SSSR count). The summed E-state index contributed by atoms with van der Waals surface area (Å²) in [7, 11) is 0. The Labute approximate surface area is 133 Å². The third-order valence-corrected chi connectivity index (χ3v) is 1.39. The van der Waals surface area contributed by atoms with Gasteiger partial charge in [-0.2, -0.15) is 0 Å². The molecule has 9 heteroatoms. The molecule has 0 heterocycles. The maximum Gasteiger partial charge on any atom is 4.00 e. The van der Waals surface area contributed by atoms with Crippen LogP contribution in [-0.4, -0.2) is 0 Å². The van der Waals surface area contributed by atoms with Gasteiger partial charge in [0.05, 0.1) is 0 Å². The standard InChI is InChI=1S/2C6N4.V/c2*7-1-5(2-8)6(3-9)4-10;/q2*-2;+4. The van der Waals surface area contributed by atoms with Crippen molar-refractivity contribution in [3.63, 3.8) is 0 Å². The van der Waals surface area contributed by atoms with Crippen LogP contribution in [0.3, 0.4) is 0 Å². The minimum atomic E-state index is -0.440. The third-order valence-electron chi connectivity index (χ3n) is 1.39. The molecule has 0 amide bonds. The molecule has 0 atom stereocenters. The van der Waals surface area contributed by atoms with E-state index >= 15 is 0 Å². The Morgan fingerprint density at radius 1 is 0.333 bits per heavy atom. The van der Waals surface area contributed by atoms with E-state index in [9.17, 15) is 0 Å². The van der Waals surface area contributed by atoms with Crippen molar-refractivity contribution in [3.8, 4) is 48.6 Å². The fraction of sp³-hybridized carbons (Fsp3) is 0. The first-order valence-corrected chi connectivity index (χ1v) is 4.29. The Morgan fingerprint density at radius 3 is 0.476 bits per heavy atom. The molecule has 0 aliphatic carbocycles. The summed E-state index contributed by atoms with van der Waals surface area (Å²) in [5, 5.41) is 65.0. The van der Waals surface area contributed by atoms with Crippen molar-refractivity contribution >= 4 is 0 Å². The van der Waals surface area contributed by atoms with E-state index in [1.165, 1.54) is 48.6 Å². The van der Waals surface area contributed by atoms with Crippen LogP contribution in [0.5, 0.6) is 0 Å². The molecule has 93 valence electrons. The van der Waals surface area contributed by atoms with Crippen molar-refractivity contribution in [2.45, 2.75) is 0 Å². The van der Waals surface area contributed by atoms with Gasteiger partial charge in [-0.15, -0.1) is 48.6 Å². The van der Waals surface area contributed by atoms with Crippen molar-refractivity contribution < 1.29 is 18.6 Å². The van der Waals surface area contributed by atoms with Crippen molar-refractivity contribution in [1.29, 1.82) is 42.1 Å². The zero-order valence-electron chi connectivity index (χ0n) is 10.0. The molecule has 0 bridgehead atoms. The monoisotopic (exact) mass is 307 g/mol. The van der Waals surface area contributed by atoms with Crippen LogP contribution < -0.4 is 0 Å². The Hall–Kier alpha value is -4.02. The molecule has 0 spiro atoms. The van der Waals surface area contributed by atoms with Crippen molar-refractivity contribution in [2.75, 3.05) is 0 Å². The van der Waals surface area contributed by atoms with E-state index in [0.717, 1.165) is 0 Å². The summed E-state index contributed by atoms with van der Waals surface area (Å²) in [5.41, 5.74) is 0. The summed E-state index contributed by atoms with van der Waals surface area (Å²) < 4.78 is 0. The normalized spacial score (nSPS) is 5.33. The van der Waals surface area contributed by atoms with E-state index in [4.69, 9.17) is 42.1 Å². The largest absolute Gasteiger partial charge is 4.00 e. The molecule has 0 N–H and O–H groups in total. The van der Waals surface area contributed by atoms with Gasteiger partial charge in [0.2, 0.25) is 0 Å². The minimum Gasteiger partial charge on any atom is -0.299 e. The zero-order valence-corrected chi connectivity index (χ0v) is 11.4. The van der Waals surface area contributed by atoms with E-state index < -0.39 is 23.7 Å². The Kier molecular flexibility index (Phi) is 14.8. The van der Waals surface area contributed by atoms with E-state index in [0.29, 0.717) is 0 Å². The molecule has 0 aromatic carbocycles. The average molecular weight is 307 g/mol.